The molecule has 0 aliphatic rings. The number of rotatable bonds is 2. The summed E-state index contributed by atoms with van der Waals surface area (Å²) in [4.78, 5) is 19.3. The van der Waals surface area contributed by atoms with Crippen molar-refractivity contribution < 1.29 is 4.74 Å². The van der Waals surface area contributed by atoms with Crippen molar-refractivity contribution in [2.45, 2.75) is 0 Å². The van der Waals surface area contributed by atoms with Crippen molar-refractivity contribution in [1.29, 1.82) is 0 Å². The monoisotopic (exact) mass is 315 g/mol. The number of halogens is 2. The van der Waals surface area contributed by atoms with Crippen LogP contribution in [0.5, 0.6) is 6.01 Å². The Labute approximate surface area is 110 Å². The van der Waals surface area contributed by atoms with Crippen LogP contribution in [0, 0.1) is 0 Å². The number of ether oxygens (including phenoxy) is 1. The van der Waals surface area contributed by atoms with E-state index in [-0.39, 0.29) is 6.01 Å². The minimum Gasteiger partial charge on any atom is -0.467 e. The van der Waals surface area contributed by atoms with E-state index in [9.17, 15) is 4.79 Å². The van der Waals surface area contributed by atoms with Gasteiger partial charge in [0.1, 0.15) is 6.33 Å². The van der Waals surface area contributed by atoms with Crippen molar-refractivity contribution >= 4 is 27.5 Å². The van der Waals surface area contributed by atoms with E-state index < -0.39 is 5.69 Å². The van der Waals surface area contributed by atoms with Crippen molar-refractivity contribution in [1.82, 2.24) is 14.5 Å². The molecule has 0 aliphatic heterocycles. The Kier molecular flexibility index (Phi) is 3.44. The maximum Gasteiger partial charge on any atom is 0.358 e. The van der Waals surface area contributed by atoms with E-state index in [2.05, 4.69) is 25.9 Å². The maximum absolute atomic E-state index is 11.8. The fourth-order valence-electron chi connectivity index (χ4n) is 1.29. The first-order valence-electron chi connectivity index (χ1n) is 4.57. The average molecular weight is 317 g/mol. The van der Waals surface area contributed by atoms with E-state index in [1.807, 2.05) is 0 Å². The molecule has 0 amide bonds. The topological polar surface area (TPSA) is 57.0 Å². The van der Waals surface area contributed by atoms with Crippen LogP contribution in [0.2, 0.25) is 5.02 Å². The highest BCUT2D eigenvalue weighted by atomic mass is 79.9. The van der Waals surface area contributed by atoms with Gasteiger partial charge in [0.25, 0.3) is 0 Å². The summed E-state index contributed by atoms with van der Waals surface area (Å²) in [6, 6.07) is 5.25. The third kappa shape index (κ3) is 2.32. The van der Waals surface area contributed by atoms with E-state index in [0.29, 0.717) is 15.2 Å². The van der Waals surface area contributed by atoms with Crippen LogP contribution in [0.3, 0.4) is 0 Å². The highest BCUT2D eigenvalue weighted by molar-refractivity contribution is 9.10. The van der Waals surface area contributed by atoms with Crippen LogP contribution in [-0.4, -0.2) is 21.6 Å². The zero-order chi connectivity index (χ0) is 12.4. The van der Waals surface area contributed by atoms with E-state index in [1.165, 1.54) is 18.0 Å². The molecule has 0 radical (unpaired) electrons. The number of benzene rings is 1. The van der Waals surface area contributed by atoms with E-state index in [0.717, 1.165) is 0 Å². The standard InChI is InChI=1S/C10H7BrClN3O2/c1-17-9-13-5-15(10(16)14-9)8-6(11)3-2-4-7(8)12/h2-5H,1H3. The summed E-state index contributed by atoms with van der Waals surface area (Å²) in [6.45, 7) is 0. The van der Waals surface area contributed by atoms with Crippen LogP contribution in [0.25, 0.3) is 5.69 Å². The molecule has 0 spiro atoms. The number of aromatic nitrogens is 3. The molecule has 0 bridgehead atoms. The van der Waals surface area contributed by atoms with Crippen LogP contribution >= 0.6 is 27.5 Å². The Morgan fingerprint density at radius 3 is 2.82 bits per heavy atom. The first-order valence-corrected chi connectivity index (χ1v) is 5.74. The number of methoxy groups -OCH3 is 1. The molecule has 2 rings (SSSR count). The third-order valence-electron chi connectivity index (χ3n) is 2.04. The second-order valence-electron chi connectivity index (χ2n) is 3.07. The summed E-state index contributed by atoms with van der Waals surface area (Å²) >= 11 is 9.36. The lowest BCUT2D eigenvalue weighted by Crippen LogP contribution is -2.22. The first-order chi connectivity index (χ1) is 8.13. The third-order valence-corrected chi connectivity index (χ3v) is 2.99. The Bertz CT molecular complexity index is 594. The summed E-state index contributed by atoms with van der Waals surface area (Å²) in [5.74, 6) is 0. The van der Waals surface area contributed by atoms with Crippen LogP contribution in [0.1, 0.15) is 0 Å². The number of nitrogens with zero attached hydrogens (tertiary/aromatic N) is 3. The molecule has 5 nitrogen and oxygen atoms in total. The Morgan fingerprint density at radius 2 is 2.24 bits per heavy atom. The number of hydrogen-bond donors (Lipinski definition) is 0. The normalized spacial score (nSPS) is 10.3. The maximum atomic E-state index is 11.8. The minimum absolute atomic E-state index is 0.0226. The fraction of sp³-hybridized carbons (Fsp3) is 0.100. The van der Waals surface area contributed by atoms with Gasteiger partial charge in [-0.2, -0.15) is 4.98 Å². The molecule has 88 valence electrons. The van der Waals surface area contributed by atoms with Gasteiger partial charge in [-0.05, 0) is 28.1 Å². The highest BCUT2D eigenvalue weighted by Gasteiger charge is 2.10. The molecule has 0 saturated carbocycles. The van der Waals surface area contributed by atoms with Gasteiger partial charge in [-0.15, -0.1) is 4.98 Å². The fourth-order valence-corrected chi connectivity index (χ4v) is 2.23. The molecule has 2 aromatic rings. The molecular weight excluding hydrogens is 309 g/mol. The summed E-state index contributed by atoms with van der Waals surface area (Å²) in [6.07, 6.45) is 1.32. The molecule has 1 aromatic carbocycles. The quantitative estimate of drug-likeness (QED) is 0.851. The summed E-state index contributed by atoms with van der Waals surface area (Å²) in [5.41, 5.74) is -0.00697. The van der Waals surface area contributed by atoms with Crippen LogP contribution < -0.4 is 10.4 Å². The lowest BCUT2D eigenvalue weighted by Gasteiger charge is -2.08. The lowest BCUT2D eigenvalue weighted by molar-refractivity contribution is 0.374. The molecule has 1 aromatic heterocycles. The molecule has 0 aliphatic carbocycles. The summed E-state index contributed by atoms with van der Waals surface area (Å²) < 4.78 is 6.69. The largest absolute Gasteiger partial charge is 0.467 e. The number of hydrogen-bond acceptors (Lipinski definition) is 4. The Balaban J connectivity index is 2.65. The summed E-state index contributed by atoms with van der Waals surface area (Å²) in [5, 5.41) is 0.426. The van der Waals surface area contributed by atoms with Crippen molar-refractivity contribution in [3.05, 3.63) is 44.5 Å². The van der Waals surface area contributed by atoms with Crippen LogP contribution in [-0.2, 0) is 0 Å². The van der Waals surface area contributed by atoms with Gasteiger partial charge in [0.15, 0.2) is 0 Å². The zero-order valence-electron chi connectivity index (χ0n) is 8.72. The minimum atomic E-state index is -0.509. The van der Waals surface area contributed by atoms with Gasteiger partial charge in [-0.1, -0.05) is 17.7 Å². The van der Waals surface area contributed by atoms with Gasteiger partial charge >= 0.3 is 11.7 Å². The van der Waals surface area contributed by atoms with Gasteiger partial charge in [0, 0.05) is 4.47 Å². The molecule has 0 N–H and O–H groups in total. The predicted octanol–water partition coefficient (Wildman–Crippen LogP) is 2.05. The number of para-hydroxylation sites is 1. The highest BCUT2D eigenvalue weighted by Crippen LogP contribution is 2.27. The smallest absolute Gasteiger partial charge is 0.358 e. The van der Waals surface area contributed by atoms with Gasteiger partial charge in [-0.3, -0.25) is 0 Å². The van der Waals surface area contributed by atoms with Crippen molar-refractivity contribution in [3.63, 3.8) is 0 Å². The van der Waals surface area contributed by atoms with Crippen molar-refractivity contribution in [2.24, 2.45) is 0 Å². The molecule has 7 heteroatoms. The van der Waals surface area contributed by atoms with Crippen LogP contribution in [0.4, 0.5) is 0 Å². The van der Waals surface area contributed by atoms with Gasteiger partial charge < -0.3 is 4.74 Å². The predicted molar refractivity (Wildman–Crippen MR) is 66.9 cm³/mol. The molecule has 0 fully saturated rings. The molecule has 0 saturated heterocycles. The molecular formula is C10H7BrClN3O2. The van der Waals surface area contributed by atoms with Crippen LogP contribution in [0.15, 0.2) is 33.8 Å². The molecule has 1 heterocycles. The Hall–Kier alpha value is -1.40. The van der Waals surface area contributed by atoms with Gasteiger partial charge in [0.05, 0.1) is 17.8 Å². The average Bonchev–Trinajstić information content (AvgIpc) is 2.30. The van der Waals surface area contributed by atoms with E-state index in [1.54, 1.807) is 18.2 Å². The van der Waals surface area contributed by atoms with Gasteiger partial charge in [0.2, 0.25) is 0 Å². The van der Waals surface area contributed by atoms with E-state index in [4.69, 9.17) is 16.3 Å². The Morgan fingerprint density at radius 1 is 1.47 bits per heavy atom. The molecule has 0 atom stereocenters. The van der Waals surface area contributed by atoms with Crippen molar-refractivity contribution in [2.75, 3.05) is 7.11 Å². The SMILES string of the molecule is COc1ncn(-c2c(Cl)cccc2Br)c(=O)n1. The molecule has 17 heavy (non-hydrogen) atoms. The zero-order valence-corrected chi connectivity index (χ0v) is 11.1. The van der Waals surface area contributed by atoms with E-state index >= 15 is 0 Å². The lowest BCUT2D eigenvalue weighted by atomic mass is 10.3. The second-order valence-corrected chi connectivity index (χ2v) is 4.33. The summed E-state index contributed by atoms with van der Waals surface area (Å²) in [7, 11) is 1.39. The molecule has 0 unspecified atom stereocenters. The second kappa shape index (κ2) is 4.85. The first kappa shape index (κ1) is 12.1. The van der Waals surface area contributed by atoms with Gasteiger partial charge in [-0.25, -0.2) is 9.36 Å². The van der Waals surface area contributed by atoms with Crippen molar-refractivity contribution in [3.8, 4) is 11.7 Å².